The van der Waals surface area contributed by atoms with Crippen LogP contribution in [0.2, 0.25) is 0 Å². The van der Waals surface area contributed by atoms with Crippen molar-refractivity contribution in [2.75, 3.05) is 5.32 Å². The Bertz CT molecular complexity index is 293. The lowest BCUT2D eigenvalue weighted by atomic mass is 10.2. The third-order valence-corrected chi connectivity index (χ3v) is 1.68. The van der Waals surface area contributed by atoms with E-state index in [-0.39, 0.29) is 12.1 Å². The number of hydrogen-bond acceptors (Lipinski definition) is 2. The number of nitrogens with one attached hydrogen (secondary N) is 3. The molecule has 0 bridgehead atoms. The smallest absolute Gasteiger partial charge is 0.319 e. The van der Waals surface area contributed by atoms with E-state index in [0.717, 1.165) is 11.4 Å². The predicted molar refractivity (Wildman–Crippen MR) is 39.2 cm³/mol. The Hall–Kier alpha value is -1.52. The molecular weight excluding hydrogens is 144 g/mol. The third-order valence-electron chi connectivity index (χ3n) is 1.68. The number of amides is 2. The molecule has 1 aromatic heterocycles. The number of rotatable bonds is 0. The van der Waals surface area contributed by atoms with Crippen molar-refractivity contribution >= 4 is 11.7 Å². The first-order valence-corrected chi connectivity index (χ1v) is 3.38. The first-order chi connectivity index (χ1) is 5.27. The summed E-state index contributed by atoms with van der Waals surface area (Å²) in [4.78, 5) is 10.9. The summed E-state index contributed by atoms with van der Waals surface area (Å²) in [5, 5.41) is 12.0. The number of fused-ring (bicyclic) bond motifs is 1. The van der Waals surface area contributed by atoms with Crippen LogP contribution in [0.25, 0.3) is 0 Å². The molecular formula is C6H8N4O. The number of aromatic nitrogens is 2. The number of H-pyrrole nitrogens is 1. The molecule has 2 rings (SSSR count). The molecule has 11 heavy (non-hydrogen) atoms. The Morgan fingerprint density at radius 1 is 1.64 bits per heavy atom. The van der Waals surface area contributed by atoms with E-state index >= 15 is 0 Å². The maximum atomic E-state index is 10.9. The summed E-state index contributed by atoms with van der Waals surface area (Å²) in [6, 6.07) is -0.184. The van der Waals surface area contributed by atoms with E-state index in [4.69, 9.17) is 0 Å². The number of carbonyl (C=O) groups excluding carboxylic acids is 1. The number of carbonyl (C=O) groups is 1. The van der Waals surface area contributed by atoms with Gasteiger partial charge in [0.2, 0.25) is 0 Å². The van der Waals surface area contributed by atoms with Gasteiger partial charge < -0.3 is 10.6 Å². The highest BCUT2D eigenvalue weighted by Gasteiger charge is 2.22. The second kappa shape index (κ2) is 1.98. The van der Waals surface area contributed by atoms with Crippen LogP contribution in [0.3, 0.4) is 0 Å². The van der Waals surface area contributed by atoms with Crippen LogP contribution < -0.4 is 10.6 Å². The van der Waals surface area contributed by atoms with E-state index in [1.165, 1.54) is 0 Å². The molecule has 1 aliphatic heterocycles. The van der Waals surface area contributed by atoms with Gasteiger partial charge in [-0.2, -0.15) is 5.10 Å². The molecule has 1 atom stereocenters. The summed E-state index contributed by atoms with van der Waals surface area (Å²) in [5.41, 5.74) is 1.62. The van der Waals surface area contributed by atoms with Gasteiger partial charge in [-0.25, -0.2) is 4.79 Å². The molecule has 0 saturated carbocycles. The molecule has 2 heterocycles. The van der Waals surface area contributed by atoms with Gasteiger partial charge in [-0.05, 0) is 6.92 Å². The molecule has 1 unspecified atom stereocenters. The van der Waals surface area contributed by atoms with Gasteiger partial charge in [-0.1, -0.05) is 0 Å². The Morgan fingerprint density at radius 3 is 3.27 bits per heavy atom. The molecule has 0 aliphatic carbocycles. The summed E-state index contributed by atoms with van der Waals surface area (Å²) >= 11 is 0. The average molecular weight is 152 g/mol. The van der Waals surface area contributed by atoms with Gasteiger partial charge in [-0.15, -0.1) is 0 Å². The molecule has 0 radical (unpaired) electrons. The standard InChI is InChI=1S/C6H8N4O/c1-3-5-4(2-7-10-5)9-6(11)8-3/h2-3H,1H3,(H,7,10)(H2,8,9,11). The Balaban J connectivity index is 2.43. The summed E-state index contributed by atoms with van der Waals surface area (Å²) in [7, 11) is 0. The maximum Gasteiger partial charge on any atom is 0.319 e. The van der Waals surface area contributed by atoms with E-state index in [0.29, 0.717) is 0 Å². The molecule has 1 aromatic rings. The second-order valence-corrected chi connectivity index (χ2v) is 2.50. The second-order valence-electron chi connectivity index (χ2n) is 2.50. The Morgan fingerprint density at radius 2 is 2.45 bits per heavy atom. The van der Waals surface area contributed by atoms with Crippen LogP contribution >= 0.6 is 0 Å². The first kappa shape index (κ1) is 6.21. The predicted octanol–water partition coefficient (Wildman–Crippen LogP) is 0.606. The minimum Gasteiger partial charge on any atom is -0.330 e. The topological polar surface area (TPSA) is 69.8 Å². The fourth-order valence-electron chi connectivity index (χ4n) is 1.15. The molecule has 1 aliphatic rings. The highest BCUT2D eigenvalue weighted by atomic mass is 16.2. The van der Waals surface area contributed by atoms with Crippen molar-refractivity contribution in [3.63, 3.8) is 0 Å². The van der Waals surface area contributed by atoms with E-state index < -0.39 is 0 Å². The zero-order chi connectivity index (χ0) is 7.84. The van der Waals surface area contributed by atoms with Crippen molar-refractivity contribution < 1.29 is 4.79 Å². The lowest BCUT2D eigenvalue weighted by Gasteiger charge is -2.19. The van der Waals surface area contributed by atoms with Crippen molar-refractivity contribution in [1.29, 1.82) is 0 Å². The average Bonchev–Trinajstić information content (AvgIpc) is 2.34. The number of hydrogen-bond donors (Lipinski definition) is 3. The molecule has 58 valence electrons. The lowest BCUT2D eigenvalue weighted by Crippen LogP contribution is -2.36. The zero-order valence-electron chi connectivity index (χ0n) is 6.01. The van der Waals surface area contributed by atoms with Crippen molar-refractivity contribution in [2.45, 2.75) is 13.0 Å². The van der Waals surface area contributed by atoms with Gasteiger partial charge in [0.05, 0.1) is 11.7 Å². The van der Waals surface area contributed by atoms with Crippen LogP contribution in [0.4, 0.5) is 10.5 Å². The van der Waals surface area contributed by atoms with E-state index in [1.807, 2.05) is 6.92 Å². The van der Waals surface area contributed by atoms with Crippen molar-refractivity contribution in [3.05, 3.63) is 11.9 Å². The summed E-state index contributed by atoms with van der Waals surface area (Å²) in [5.74, 6) is 0. The first-order valence-electron chi connectivity index (χ1n) is 3.38. The van der Waals surface area contributed by atoms with Crippen molar-refractivity contribution in [3.8, 4) is 0 Å². The fourth-order valence-corrected chi connectivity index (χ4v) is 1.15. The molecule has 0 saturated heterocycles. The summed E-state index contributed by atoms with van der Waals surface area (Å²) < 4.78 is 0. The van der Waals surface area contributed by atoms with Gasteiger partial charge in [0, 0.05) is 6.20 Å². The molecule has 3 N–H and O–H groups in total. The molecule has 2 amide bonds. The third kappa shape index (κ3) is 0.849. The highest BCUT2D eigenvalue weighted by molar-refractivity contribution is 5.92. The number of aromatic amines is 1. The van der Waals surface area contributed by atoms with Gasteiger partial charge in [0.1, 0.15) is 5.69 Å². The molecule has 0 fully saturated rings. The summed E-state index contributed by atoms with van der Waals surface area (Å²) in [6.07, 6.45) is 1.67. The molecule has 0 spiro atoms. The van der Waals surface area contributed by atoms with Crippen LogP contribution in [0.1, 0.15) is 18.7 Å². The highest BCUT2D eigenvalue weighted by Crippen LogP contribution is 2.22. The molecule has 5 nitrogen and oxygen atoms in total. The molecule has 0 aromatic carbocycles. The minimum absolute atomic E-state index is 0.00926. The van der Waals surface area contributed by atoms with Gasteiger partial charge in [-0.3, -0.25) is 5.10 Å². The van der Waals surface area contributed by atoms with Crippen LogP contribution in [0, 0.1) is 0 Å². The van der Waals surface area contributed by atoms with Crippen LogP contribution in [-0.4, -0.2) is 16.2 Å². The van der Waals surface area contributed by atoms with Crippen LogP contribution in [-0.2, 0) is 0 Å². The van der Waals surface area contributed by atoms with Gasteiger partial charge in [0.15, 0.2) is 0 Å². The Kier molecular flexibility index (Phi) is 1.12. The maximum absolute atomic E-state index is 10.9. The number of nitrogens with zero attached hydrogens (tertiary/aromatic N) is 1. The zero-order valence-corrected chi connectivity index (χ0v) is 6.01. The molecule has 5 heteroatoms. The SMILES string of the molecule is CC1NC(=O)Nc2c[nH]nc21. The normalized spacial score (nSPS) is 21.9. The van der Waals surface area contributed by atoms with Gasteiger partial charge in [0.25, 0.3) is 0 Å². The quantitative estimate of drug-likeness (QED) is 0.509. The van der Waals surface area contributed by atoms with E-state index in [1.54, 1.807) is 6.20 Å². The minimum atomic E-state index is -0.175. The lowest BCUT2D eigenvalue weighted by molar-refractivity contribution is 0.248. The van der Waals surface area contributed by atoms with Gasteiger partial charge >= 0.3 is 6.03 Å². The fraction of sp³-hybridized carbons (Fsp3) is 0.333. The van der Waals surface area contributed by atoms with Crippen LogP contribution in [0.15, 0.2) is 6.20 Å². The number of urea groups is 1. The number of anilines is 1. The van der Waals surface area contributed by atoms with E-state index in [9.17, 15) is 4.79 Å². The van der Waals surface area contributed by atoms with Crippen molar-refractivity contribution in [1.82, 2.24) is 15.5 Å². The van der Waals surface area contributed by atoms with Crippen molar-refractivity contribution in [2.24, 2.45) is 0 Å². The monoisotopic (exact) mass is 152 g/mol. The Labute approximate surface area is 63.2 Å². The van der Waals surface area contributed by atoms with Crippen LogP contribution in [0.5, 0.6) is 0 Å². The largest absolute Gasteiger partial charge is 0.330 e. The van der Waals surface area contributed by atoms with E-state index in [2.05, 4.69) is 20.8 Å². The summed E-state index contributed by atoms with van der Waals surface area (Å²) in [6.45, 7) is 1.89.